The number of amides is 1. The number of benzene rings is 3. The Morgan fingerprint density at radius 2 is 1.74 bits per heavy atom. The second-order valence-electron chi connectivity index (χ2n) is 7.65. The van der Waals surface area contributed by atoms with Crippen LogP contribution in [0.1, 0.15) is 11.1 Å². The van der Waals surface area contributed by atoms with Crippen LogP contribution in [-0.4, -0.2) is 40.3 Å². The van der Waals surface area contributed by atoms with Crippen molar-refractivity contribution in [2.75, 3.05) is 30.3 Å². The maximum Gasteiger partial charge on any atom is 0.264 e. The number of halogens is 2. The zero-order valence-electron chi connectivity index (χ0n) is 19.3. The lowest BCUT2D eigenvalue weighted by Crippen LogP contribution is -2.41. The number of sulfonamides is 1. The fraction of sp³-hybridized carbons (Fsp3) is 0.240. The minimum absolute atomic E-state index is 0.0963. The molecule has 3 rings (SSSR count). The molecule has 0 aromatic heterocycles. The Morgan fingerprint density at radius 3 is 2.43 bits per heavy atom. The first-order chi connectivity index (χ1) is 16.7. The summed E-state index contributed by atoms with van der Waals surface area (Å²) in [4.78, 5) is 12.9. The number of para-hydroxylation sites is 2. The molecule has 0 atom stereocenters. The first-order valence-electron chi connectivity index (χ1n) is 10.7. The lowest BCUT2D eigenvalue weighted by molar-refractivity contribution is -0.119. The summed E-state index contributed by atoms with van der Waals surface area (Å²) in [5.41, 5.74) is 2.26. The summed E-state index contributed by atoms with van der Waals surface area (Å²) in [7, 11) is -2.55. The summed E-state index contributed by atoms with van der Waals surface area (Å²) in [6, 6.07) is 18.7. The molecule has 0 saturated carbocycles. The third-order valence-electron chi connectivity index (χ3n) is 5.07. The van der Waals surface area contributed by atoms with Gasteiger partial charge in [0.05, 0.1) is 27.7 Å². The fourth-order valence-electron chi connectivity index (χ4n) is 3.24. The Labute approximate surface area is 220 Å². The lowest BCUT2D eigenvalue weighted by atomic mass is 10.2. The fourth-order valence-corrected chi connectivity index (χ4v) is 5.80. The van der Waals surface area contributed by atoms with Crippen molar-refractivity contribution in [2.45, 2.75) is 17.6 Å². The summed E-state index contributed by atoms with van der Waals surface area (Å²) in [5, 5.41) is 3.82. The van der Waals surface area contributed by atoms with Crippen LogP contribution in [0.5, 0.6) is 5.75 Å². The van der Waals surface area contributed by atoms with Crippen molar-refractivity contribution in [3.63, 3.8) is 0 Å². The van der Waals surface area contributed by atoms with Crippen LogP contribution < -0.4 is 14.4 Å². The third kappa shape index (κ3) is 7.30. The van der Waals surface area contributed by atoms with E-state index >= 15 is 0 Å². The van der Waals surface area contributed by atoms with Crippen LogP contribution in [0.25, 0.3) is 0 Å². The van der Waals surface area contributed by atoms with Gasteiger partial charge in [0.2, 0.25) is 5.91 Å². The predicted octanol–water partition coefficient (Wildman–Crippen LogP) is 5.56. The molecule has 186 valence electrons. The molecule has 0 unspecified atom stereocenters. The first-order valence-corrected chi connectivity index (χ1v) is 14.1. The highest BCUT2D eigenvalue weighted by Gasteiger charge is 2.29. The Balaban J connectivity index is 1.67. The summed E-state index contributed by atoms with van der Waals surface area (Å²) in [6.07, 6.45) is 0. The number of nitrogens with zero attached hydrogens (tertiary/aromatic N) is 1. The molecule has 35 heavy (non-hydrogen) atoms. The highest BCUT2D eigenvalue weighted by molar-refractivity contribution is 7.98. The van der Waals surface area contributed by atoms with Crippen LogP contribution in [0, 0.1) is 6.92 Å². The Kier molecular flexibility index (Phi) is 9.74. The molecule has 6 nitrogen and oxygen atoms in total. The lowest BCUT2D eigenvalue weighted by Gasteiger charge is -2.25. The van der Waals surface area contributed by atoms with E-state index in [1.807, 2.05) is 19.1 Å². The van der Waals surface area contributed by atoms with E-state index in [1.54, 1.807) is 54.2 Å². The standard InChI is InChI=1S/C25H26Cl2N2O4S2/c1-18-7-10-20(11-8-18)35(31,32)29(23-5-3-4-6-24(23)33-2)16-25(30)28-13-14-34-17-19-9-12-21(26)22(27)15-19/h3-12,15H,13-14,16-17H2,1-2H3,(H,28,30). The average molecular weight is 554 g/mol. The van der Waals surface area contributed by atoms with Crippen molar-refractivity contribution in [1.29, 1.82) is 0 Å². The molecule has 3 aromatic rings. The van der Waals surface area contributed by atoms with Crippen molar-refractivity contribution in [3.05, 3.63) is 87.9 Å². The summed E-state index contributed by atoms with van der Waals surface area (Å²) < 4.78 is 33.4. The van der Waals surface area contributed by atoms with E-state index in [4.69, 9.17) is 27.9 Å². The van der Waals surface area contributed by atoms with Crippen LogP contribution in [-0.2, 0) is 20.6 Å². The van der Waals surface area contributed by atoms with E-state index in [1.165, 1.54) is 19.2 Å². The van der Waals surface area contributed by atoms with Gasteiger partial charge in [-0.1, -0.05) is 59.1 Å². The molecule has 0 spiro atoms. The number of hydrogen-bond donors (Lipinski definition) is 1. The van der Waals surface area contributed by atoms with Gasteiger partial charge in [-0.2, -0.15) is 11.8 Å². The topological polar surface area (TPSA) is 75.7 Å². The van der Waals surface area contributed by atoms with E-state index < -0.39 is 15.9 Å². The van der Waals surface area contributed by atoms with E-state index in [0.29, 0.717) is 39.5 Å². The largest absolute Gasteiger partial charge is 0.495 e. The molecule has 0 fully saturated rings. The Morgan fingerprint density at radius 1 is 1.03 bits per heavy atom. The van der Waals surface area contributed by atoms with E-state index in [9.17, 15) is 13.2 Å². The molecule has 10 heteroatoms. The zero-order valence-corrected chi connectivity index (χ0v) is 22.5. The van der Waals surface area contributed by atoms with Gasteiger partial charge in [0, 0.05) is 18.1 Å². The van der Waals surface area contributed by atoms with Gasteiger partial charge in [0.25, 0.3) is 10.0 Å². The quantitative estimate of drug-likeness (QED) is 0.315. The number of anilines is 1. The number of nitrogens with one attached hydrogen (secondary N) is 1. The highest BCUT2D eigenvalue weighted by atomic mass is 35.5. The number of hydrogen-bond acceptors (Lipinski definition) is 5. The molecule has 1 amide bonds. The minimum Gasteiger partial charge on any atom is -0.495 e. The molecule has 1 N–H and O–H groups in total. The molecular weight excluding hydrogens is 527 g/mol. The van der Waals surface area contributed by atoms with Crippen molar-refractivity contribution in [1.82, 2.24) is 5.32 Å². The SMILES string of the molecule is COc1ccccc1N(CC(=O)NCCSCc1ccc(Cl)c(Cl)c1)S(=O)(=O)c1ccc(C)cc1. The summed E-state index contributed by atoms with van der Waals surface area (Å²) in [5.74, 6) is 1.29. The normalized spacial score (nSPS) is 11.2. The van der Waals surface area contributed by atoms with Crippen LogP contribution in [0.15, 0.2) is 71.6 Å². The second-order valence-corrected chi connectivity index (χ2v) is 11.4. The molecule has 3 aromatic carbocycles. The predicted molar refractivity (Wildman–Crippen MR) is 144 cm³/mol. The minimum atomic E-state index is -4.01. The maximum atomic E-state index is 13.5. The molecular formula is C25H26Cl2N2O4S2. The van der Waals surface area contributed by atoms with Crippen molar-refractivity contribution in [3.8, 4) is 5.75 Å². The number of thioether (sulfide) groups is 1. The van der Waals surface area contributed by atoms with Crippen molar-refractivity contribution >= 4 is 56.6 Å². The van der Waals surface area contributed by atoms with E-state index in [-0.39, 0.29) is 11.4 Å². The van der Waals surface area contributed by atoms with Gasteiger partial charge in [-0.25, -0.2) is 8.42 Å². The van der Waals surface area contributed by atoms with E-state index in [2.05, 4.69) is 5.32 Å². The molecule has 0 aliphatic heterocycles. The summed E-state index contributed by atoms with van der Waals surface area (Å²) in [6.45, 7) is 1.88. The Bertz CT molecular complexity index is 1270. The number of methoxy groups -OCH3 is 1. The molecule has 0 saturated heterocycles. The number of carbonyl (C=O) groups is 1. The van der Waals surface area contributed by atoms with Crippen LogP contribution in [0.3, 0.4) is 0 Å². The van der Waals surface area contributed by atoms with Gasteiger partial charge in [-0.15, -0.1) is 0 Å². The highest BCUT2D eigenvalue weighted by Crippen LogP contribution is 2.32. The number of carbonyl (C=O) groups excluding carboxylic acids is 1. The third-order valence-corrected chi connectivity index (χ3v) is 8.61. The van der Waals surface area contributed by atoms with Gasteiger partial charge in [0.1, 0.15) is 12.3 Å². The molecule has 0 radical (unpaired) electrons. The number of rotatable bonds is 11. The molecule has 0 bridgehead atoms. The van der Waals surface area contributed by atoms with Gasteiger partial charge in [-0.3, -0.25) is 9.10 Å². The maximum absolute atomic E-state index is 13.5. The Hall–Kier alpha value is -2.39. The monoisotopic (exact) mass is 552 g/mol. The van der Waals surface area contributed by atoms with Crippen LogP contribution in [0.4, 0.5) is 5.69 Å². The molecule has 0 heterocycles. The van der Waals surface area contributed by atoms with Crippen molar-refractivity contribution < 1.29 is 17.9 Å². The van der Waals surface area contributed by atoms with Crippen LogP contribution in [0.2, 0.25) is 10.0 Å². The second kappa shape index (κ2) is 12.5. The summed E-state index contributed by atoms with van der Waals surface area (Å²) >= 11 is 13.6. The average Bonchev–Trinajstić information content (AvgIpc) is 2.84. The van der Waals surface area contributed by atoms with Gasteiger partial charge >= 0.3 is 0 Å². The van der Waals surface area contributed by atoms with Gasteiger partial charge in [-0.05, 0) is 48.9 Å². The molecule has 0 aliphatic rings. The first kappa shape index (κ1) is 27.2. The smallest absolute Gasteiger partial charge is 0.264 e. The number of aryl methyl sites for hydroxylation is 1. The van der Waals surface area contributed by atoms with Gasteiger partial charge in [0.15, 0.2) is 0 Å². The van der Waals surface area contributed by atoms with E-state index in [0.717, 1.165) is 15.4 Å². The zero-order chi connectivity index (χ0) is 25.4. The molecule has 0 aliphatic carbocycles. The van der Waals surface area contributed by atoms with Crippen LogP contribution >= 0.6 is 35.0 Å². The van der Waals surface area contributed by atoms with Gasteiger partial charge < -0.3 is 10.1 Å². The number of ether oxygens (including phenoxy) is 1. The van der Waals surface area contributed by atoms with Crippen molar-refractivity contribution in [2.24, 2.45) is 0 Å².